The summed E-state index contributed by atoms with van der Waals surface area (Å²) in [6, 6.07) is 9.58. The van der Waals surface area contributed by atoms with Gasteiger partial charge in [-0.15, -0.1) is 0 Å². The molecule has 1 aromatic carbocycles. The molecular weight excluding hydrogens is 298 g/mol. The summed E-state index contributed by atoms with van der Waals surface area (Å²) in [4.78, 5) is 6.99. The Hall–Kier alpha value is -1.88. The molecule has 0 unspecified atom stereocenters. The third-order valence-corrected chi connectivity index (χ3v) is 5.22. The monoisotopic (exact) mass is 325 g/mol. The molecule has 5 nitrogen and oxygen atoms in total. The van der Waals surface area contributed by atoms with Crippen LogP contribution in [-0.4, -0.2) is 33.9 Å². The number of nitrogens with one attached hydrogen (secondary N) is 1. The summed E-state index contributed by atoms with van der Waals surface area (Å²) >= 11 is 0. The molecule has 3 heterocycles. The van der Waals surface area contributed by atoms with Crippen molar-refractivity contribution in [2.75, 3.05) is 18.0 Å². The van der Waals surface area contributed by atoms with Gasteiger partial charge >= 0.3 is 0 Å². The van der Waals surface area contributed by atoms with Gasteiger partial charge in [0.05, 0.1) is 6.54 Å². The second-order valence-corrected chi connectivity index (χ2v) is 7.09. The topological polar surface area (TPSA) is 46.0 Å². The first-order chi connectivity index (χ1) is 11.8. The number of benzene rings is 1. The Morgan fingerprint density at radius 1 is 1.12 bits per heavy atom. The van der Waals surface area contributed by atoms with E-state index < -0.39 is 0 Å². The fraction of sp³-hybridized carbons (Fsp3) is 0.579. The molecule has 5 heteroatoms. The smallest absolute Gasteiger partial charge is 0.147 e. The zero-order valence-corrected chi connectivity index (χ0v) is 14.5. The predicted molar refractivity (Wildman–Crippen MR) is 96.2 cm³/mol. The maximum Gasteiger partial charge on any atom is 0.147 e. The third kappa shape index (κ3) is 3.46. The molecule has 1 N–H and O–H groups in total. The van der Waals surface area contributed by atoms with Crippen LogP contribution in [0.15, 0.2) is 24.3 Å². The van der Waals surface area contributed by atoms with Gasteiger partial charge in [0.25, 0.3) is 0 Å². The molecule has 0 aliphatic carbocycles. The quantitative estimate of drug-likeness (QED) is 0.939. The molecule has 128 valence electrons. The summed E-state index contributed by atoms with van der Waals surface area (Å²) in [5.41, 5.74) is 2.73. The molecule has 1 aromatic heterocycles. The highest BCUT2D eigenvalue weighted by Gasteiger charge is 2.20. The van der Waals surface area contributed by atoms with Gasteiger partial charge < -0.3 is 10.2 Å². The van der Waals surface area contributed by atoms with E-state index in [1.54, 1.807) is 0 Å². The maximum absolute atomic E-state index is 4.48. The summed E-state index contributed by atoms with van der Waals surface area (Å²) < 4.78 is 2.07. The van der Waals surface area contributed by atoms with Crippen molar-refractivity contribution in [3.63, 3.8) is 0 Å². The standard InChI is InChI=1S/C19H27N5/c1-15-21-19-10-7-17(14-24(19)22-15)20-13-16-5-8-18(9-6-16)23-11-3-2-4-12-23/h5-6,8-9,17,20H,2-4,7,10-14H2,1H3/t17-/m1/s1. The second-order valence-electron chi connectivity index (χ2n) is 7.09. The lowest BCUT2D eigenvalue weighted by atomic mass is 10.1. The molecule has 0 saturated carbocycles. The number of nitrogens with zero attached hydrogens (tertiary/aromatic N) is 4. The summed E-state index contributed by atoms with van der Waals surface area (Å²) in [5, 5.41) is 8.16. The van der Waals surface area contributed by atoms with Crippen LogP contribution in [0.2, 0.25) is 0 Å². The molecule has 1 saturated heterocycles. The number of anilines is 1. The van der Waals surface area contributed by atoms with Crippen LogP contribution >= 0.6 is 0 Å². The Kier molecular flexibility index (Phi) is 4.52. The lowest BCUT2D eigenvalue weighted by Gasteiger charge is -2.29. The summed E-state index contributed by atoms with van der Waals surface area (Å²) in [6.07, 6.45) is 6.20. The molecule has 24 heavy (non-hydrogen) atoms. The lowest BCUT2D eigenvalue weighted by molar-refractivity contribution is 0.357. The van der Waals surface area contributed by atoms with Gasteiger partial charge in [-0.3, -0.25) is 0 Å². The van der Waals surface area contributed by atoms with Crippen molar-refractivity contribution in [2.24, 2.45) is 0 Å². The van der Waals surface area contributed by atoms with Crippen molar-refractivity contribution < 1.29 is 0 Å². The van der Waals surface area contributed by atoms with Crippen molar-refractivity contribution in [2.45, 2.75) is 58.2 Å². The summed E-state index contributed by atoms with van der Waals surface area (Å²) in [7, 11) is 0. The van der Waals surface area contributed by atoms with Crippen molar-refractivity contribution in [1.82, 2.24) is 20.1 Å². The van der Waals surface area contributed by atoms with E-state index in [4.69, 9.17) is 0 Å². The van der Waals surface area contributed by atoms with Crippen LogP contribution in [0.1, 0.15) is 42.9 Å². The van der Waals surface area contributed by atoms with E-state index >= 15 is 0 Å². The van der Waals surface area contributed by atoms with Crippen molar-refractivity contribution >= 4 is 5.69 Å². The summed E-state index contributed by atoms with van der Waals surface area (Å²) in [6.45, 7) is 6.24. The van der Waals surface area contributed by atoms with Gasteiger partial charge in [0, 0.05) is 37.8 Å². The Bertz CT molecular complexity index is 670. The average Bonchev–Trinajstić information content (AvgIpc) is 3.00. The molecule has 4 rings (SSSR count). The van der Waals surface area contributed by atoms with E-state index in [1.165, 1.54) is 43.6 Å². The van der Waals surface area contributed by atoms with E-state index in [2.05, 4.69) is 49.2 Å². The Labute approximate surface area is 144 Å². The van der Waals surface area contributed by atoms with E-state index in [-0.39, 0.29) is 0 Å². The van der Waals surface area contributed by atoms with Crippen molar-refractivity contribution in [1.29, 1.82) is 0 Å². The normalized spacial score (nSPS) is 20.9. The van der Waals surface area contributed by atoms with E-state index in [9.17, 15) is 0 Å². The molecule has 0 amide bonds. The van der Waals surface area contributed by atoms with E-state index in [0.29, 0.717) is 6.04 Å². The minimum atomic E-state index is 0.486. The minimum Gasteiger partial charge on any atom is -0.372 e. The Morgan fingerprint density at radius 2 is 1.92 bits per heavy atom. The molecular formula is C19H27N5. The lowest BCUT2D eigenvalue weighted by Crippen LogP contribution is -2.37. The van der Waals surface area contributed by atoms with Crippen LogP contribution in [0, 0.1) is 6.92 Å². The fourth-order valence-electron chi connectivity index (χ4n) is 3.84. The molecule has 1 atom stereocenters. The molecule has 0 bridgehead atoms. The number of fused-ring (bicyclic) bond motifs is 1. The first-order valence-corrected chi connectivity index (χ1v) is 9.25. The molecule has 2 aliphatic rings. The van der Waals surface area contributed by atoms with Gasteiger partial charge in [0.2, 0.25) is 0 Å². The van der Waals surface area contributed by atoms with Gasteiger partial charge in [-0.2, -0.15) is 5.10 Å². The Balaban J connectivity index is 1.31. The van der Waals surface area contributed by atoms with E-state index in [0.717, 1.165) is 37.6 Å². The first kappa shape index (κ1) is 15.6. The highest BCUT2D eigenvalue weighted by atomic mass is 15.4. The number of hydrogen-bond donors (Lipinski definition) is 1. The van der Waals surface area contributed by atoms with Gasteiger partial charge in [0.1, 0.15) is 11.6 Å². The highest BCUT2D eigenvalue weighted by molar-refractivity contribution is 5.47. The third-order valence-electron chi connectivity index (χ3n) is 5.22. The molecule has 0 radical (unpaired) electrons. The van der Waals surface area contributed by atoms with Crippen LogP contribution in [0.5, 0.6) is 0 Å². The van der Waals surface area contributed by atoms with Gasteiger partial charge in [0.15, 0.2) is 0 Å². The van der Waals surface area contributed by atoms with Crippen molar-refractivity contribution in [3.8, 4) is 0 Å². The number of rotatable bonds is 4. The van der Waals surface area contributed by atoms with E-state index in [1.807, 2.05) is 6.92 Å². The minimum absolute atomic E-state index is 0.486. The van der Waals surface area contributed by atoms with Crippen LogP contribution in [0.25, 0.3) is 0 Å². The maximum atomic E-state index is 4.48. The van der Waals surface area contributed by atoms with Crippen molar-refractivity contribution in [3.05, 3.63) is 41.5 Å². The number of aromatic nitrogens is 3. The Morgan fingerprint density at radius 3 is 2.71 bits per heavy atom. The fourth-order valence-corrected chi connectivity index (χ4v) is 3.84. The van der Waals surface area contributed by atoms with Gasteiger partial charge in [-0.05, 0) is 50.3 Å². The first-order valence-electron chi connectivity index (χ1n) is 9.25. The second kappa shape index (κ2) is 6.93. The van der Waals surface area contributed by atoms with Crippen LogP contribution in [0.3, 0.4) is 0 Å². The zero-order valence-electron chi connectivity index (χ0n) is 14.5. The highest BCUT2D eigenvalue weighted by Crippen LogP contribution is 2.20. The SMILES string of the molecule is Cc1nc2n(n1)C[C@H](NCc1ccc(N3CCCCC3)cc1)CC2. The summed E-state index contributed by atoms with van der Waals surface area (Å²) in [5.74, 6) is 2.02. The molecule has 1 fully saturated rings. The number of piperidine rings is 1. The molecule has 0 spiro atoms. The van der Waals surface area contributed by atoms with Crippen LogP contribution < -0.4 is 10.2 Å². The molecule has 2 aromatic rings. The number of hydrogen-bond acceptors (Lipinski definition) is 4. The van der Waals surface area contributed by atoms with Gasteiger partial charge in [-0.25, -0.2) is 9.67 Å². The van der Waals surface area contributed by atoms with Crippen LogP contribution in [0.4, 0.5) is 5.69 Å². The number of aryl methyl sites for hydroxylation is 2. The van der Waals surface area contributed by atoms with Crippen LogP contribution in [-0.2, 0) is 19.5 Å². The molecule has 2 aliphatic heterocycles. The predicted octanol–water partition coefficient (Wildman–Crippen LogP) is 2.68. The zero-order chi connectivity index (χ0) is 16.4. The average molecular weight is 325 g/mol. The van der Waals surface area contributed by atoms with Gasteiger partial charge in [-0.1, -0.05) is 12.1 Å². The largest absolute Gasteiger partial charge is 0.372 e.